The Hall–Kier alpha value is -2.82. The highest BCUT2D eigenvalue weighted by molar-refractivity contribution is 6.02. The number of rotatable bonds is 4. The number of nitrogens with one attached hydrogen (secondary N) is 1. The lowest BCUT2D eigenvalue weighted by molar-refractivity contribution is -0.125. The molecular formula is C21H24N2O3. The number of ether oxygens (including phenoxy) is 1. The van der Waals surface area contributed by atoms with Gasteiger partial charge in [0, 0.05) is 6.54 Å². The van der Waals surface area contributed by atoms with Crippen molar-refractivity contribution < 1.29 is 14.3 Å². The maximum atomic E-state index is 12.4. The quantitative estimate of drug-likeness (QED) is 0.920. The van der Waals surface area contributed by atoms with Gasteiger partial charge in [-0.05, 0) is 28.7 Å². The monoisotopic (exact) mass is 352 g/mol. The molecule has 0 fully saturated rings. The number of carbonyl (C=O) groups excluding carboxylic acids is 2. The normalized spacial score (nSPS) is 13.8. The van der Waals surface area contributed by atoms with Gasteiger partial charge in [-0.2, -0.15) is 0 Å². The molecule has 0 saturated carbocycles. The molecule has 0 radical (unpaired) electrons. The van der Waals surface area contributed by atoms with Crippen LogP contribution in [-0.4, -0.2) is 25.0 Å². The Morgan fingerprint density at radius 1 is 1.15 bits per heavy atom. The lowest BCUT2D eigenvalue weighted by atomic mass is 9.86. The fourth-order valence-electron chi connectivity index (χ4n) is 2.84. The fourth-order valence-corrected chi connectivity index (χ4v) is 2.84. The number of hydrogen-bond acceptors (Lipinski definition) is 3. The Balaban J connectivity index is 1.75. The van der Waals surface area contributed by atoms with E-state index in [2.05, 4.69) is 26.1 Å². The van der Waals surface area contributed by atoms with E-state index in [4.69, 9.17) is 4.74 Å². The third-order valence-electron chi connectivity index (χ3n) is 4.40. The Labute approximate surface area is 154 Å². The minimum atomic E-state index is -0.210. The summed E-state index contributed by atoms with van der Waals surface area (Å²) in [5.41, 5.74) is 2.70. The van der Waals surface area contributed by atoms with E-state index in [0.29, 0.717) is 18.0 Å². The SMILES string of the molecule is CC(C)(C)c1ccc2c(c1)N(CC(=O)NCc1ccccc1)C(=O)CO2. The van der Waals surface area contributed by atoms with Gasteiger partial charge in [0.05, 0.1) is 5.69 Å². The van der Waals surface area contributed by atoms with Crippen LogP contribution in [0.2, 0.25) is 0 Å². The number of hydrogen-bond donors (Lipinski definition) is 1. The van der Waals surface area contributed by atoms with Crippen LogP contribution in [0.3, 0.4) is 0 Å². The van der Waals surface area contributed by atoms with Crippen LogP contribution in [0, 0.1) is 0 Å². The molecule has 5 nitrogen and oxygen atoms in total. The largest absolute Gasteiger partial charge is 0.482 e. The van der Waals surface area contributed by atoms with Gasteiger partial charge in [-0.3, -0.25) is 14.5 Å². The van der Waals surface area contributed by atoms with Crippen molar-refractivity contribution in [2.75, 3.05) is 18.1 Å². The second-order valence-corrected chi connectivity index (χ2v) is 7.46. The van der Waals surface area contributed by atoms with Crippen molar-refractivity contribution in [2.45, 2.75) is 32.7 Å². The number of carbonyl (C=O) groups is 2. The maximum Gasteiger partial charge on any atom is 0.265 e. The van der Waals surface area contributed by atoms with Crippen LogP contribution < -0.4 is 15.0 Å². The van der Waals surface area contributed by atoms with Gasteiger partial charge < -0.3 is 10.1 Å². The van der Waals surface area contributed by atoms with Crippen molar-refractivity contribution >= 4 is 17.5 Å². The number of amides is 2. The first-order valence-electron chi connectivity index (χ1n) is 8.73. The van der Waals surface area contributed by atoms with Gasteiger partial charge in [0.2, 0.25) is 5.91 Å². The van der Waals surface area contributed by atoms with E-state index in [9.17, 15) is 9.59 Å². The molecule has 1 heterocycles. The summed E-state index contributed by atoms with van der Waals surface area (Å²) in [7, 11) is 0. The van der Waals surface area contributed by atoms with Crippen molar-refractivity contribution in [3.63, 3.8) is 0 Å². The molecule has 0 aliphatic carbocycles. The average Bonchev–Trinajstić information content (AvgIpc) is 2.62. The zero-order valence-electron chi connectivity index (χ0n) is 15.4. The zero-order valence-corrected chi connectivity index (χ0v) is 15.4. The Morgan fingerprint density at radius 2 is 1.88 bits per heavy atom. The minimum Gasteiger partial charge on any atom is -0.482 e. The Bertz CT molecular complexity index is 810. The van der Waals surface area contributed by atoms with Gasteiger partial charge in [0.1, 0.15) is 12.3 Å². The molecule has 3 rings (SSSR count). The number of fused-ring (bicyclic) bond motifs is 1. The highest BCUT2D eigenvalue weighted by Gasteiger charge is 2.28. The standard InChI is InChI=1S/C21H24N2O3/c1-21(2,3)16-9-10-18-17(11-16)23(20(25)14-26-18)13-19(24)22-12-15-7-5-4-6-8-15/h4-11H,12-14H2,1-3H3,(H,22,24). The molecule has 1 aliphatic rings. The molecule has 0 bridgehead atoms. The molecule has 0 atom stereocenters. The Kier molecular flexibility index (Phi) is 4.98. The molecular weight excluding hydrogens is 328 g/mol. The summed E-state index contributed by atoms with van der Waals surface area (Å²) in [6.07, 6.45) is 0. The predicted molar refractivity (Wildman–Crippen MR) is 101 cm³/mol. The molecule has 1 N–H and O–H groups in total. The lowest BCUT2D eigenvalue weighted by Crippen LogP contribution is -2.45. The summed E-state index contributed by atoms with van der Waals surface area (Å²) in [6, 6.07) is 15.5. The number of benzene rings is 2. The summed E-state index contributed by atoms with van der Waals surface area (Å²) in [4.78, 5) is 26.2. The van der Waals surface area contributed by atoms with Gasteiger partial charge in [0.25, 0.3) is 5.91 Å². The summed E-state index contributed by atoms with van der Waals surface area (Å²) < 4.78 is 5.52. The van der Waals surface area contributed by atoms with E-state index in [1.165, 1.54) is 4.90 Å². The number of anilines is 1. The van der Waals surface area contributed by atoms with E-state index >= 15 is 0 Å². The first kappa shape index (κ1) is 18.0. The van der Waals surface area contributed by atoms with Crippen molar-refractivity contribution in [3.05, 3.63) is 59.7 Å². The summed E-state index contributed by atoms with van der Waals surface area (Å²) in [5, 5.41) is 2.87. The van der Waals surface area contributed by atoms with E-state index < -0.39 is 0 Å². The third kappa shape index (κ3) is 4.04. The molecule has 136 valence electrons. The molecule has 0 spiro atoms. The molecule has 2 amide bonds. The summed E-state index contributed by atoms with van der Waals surface area (Å²) >= 11 is 0. The van der Waals surface area contributed by atoms with Gasteiger partial charge in [-0.25, -0.2) is 0 Å². The van der Waals surface area contributed by atoms with Crippen LogP contribution in [0.5, 0.6) is 5.75 Å². The molecule has 2 aromatic carbocycles. The summed E-state index contributed by atoms with van der Waals surface area (Å²) in [5.74, 6) is 0.225. The van der Waals surface area contributed by atoms with Gasteiger partial charge in [-0.1, -0.05) is 57.2 Å². The fraction of sp³-hybridized carbons (Fsp3) is 0.333. The minimum absolute atomic E-state index is 0.0182. The van der Waals surface area contributed by atoms with Crippen molar-refractivity contribution in [1.82, 2.24) is 5.32 Å². The van der Waals surface area contributed by atoms with Gasteiger partial charge in [-0.15, -0.1) is 0 Å². The topological polar surface area (TPSA) is 58.6 Å². The number of nitrogens with zero attached hydrogens (tertiary/aromatic N) is 1. The van der Waals surface area contributed by atoms with Crippen LogP contribution in [0.15, 0.2) is 48.5 Å². The van der Waals surface area contributed by atoms with Crippen LogP contribution in [-0.2, 0) is 21.5 Å². The van der Waals surface area contributed by atoms with E-state index in [-0.39, 0.29) is 30.4 Å². The Morgan fingerprint density at radius 3 is 2.58 bits per heavy atom. The molecule has 0 unspecified atom stereocenters. The molecule has 5 heteroatoms. The smallest absolute Gasteiger partial charge is 0.265 e. The zero-order chi connectivity index (χ0) is 18.7. The highest BCUT2D eigenvalue weighted by Crippen LogP contribution is 2.36. The molecule has 1 aliphatic heterocycles. The van der Waals surface area contributed by atoms with Crippen LogP contribution in [0.25, 0.3) is 0 Å². The van der Waals surface area contributed by atoms with Crippen LogP contribution in [0.1, 0.15) is 31.9 Å². The van der Waals surface area contributed by atoms with Crippen LogP contribution >= 0.6 is 0 Å². The molecule has 0 aromatic heterocycles. The molecule has 0 saturated heterocycles. The second kappa shape index (κ2) is 7.20. The van der Waals surface area contributed by atoms with E-state index in [0.717, 1.165) is 11.1 Å². The van der Waals surface area contributed by atoms with E-state index in [1.54, 1.807) is 0 Å². The molecule has 2 aromatic rings. The van der Waals surface area contributed by atoms with Crippen molar-refractivity contribution in [2.24, 2.45) is 0 Å². The van der Waals surface area contributed by atoms with Crippen LogP contribution in [0.4, 0.5) is 5.69 Å². The highest BCUT2D eigenvalue weighted by atomic mass is 16.5. The second-order valence-electron chi connectivity index (χ2n) is 7.46. The first-order valence-corrected chi connectivity index (χ1v) is 8.73. The van der Waals surface area contributed by atoms with Gasteiger partial charge >= 0.3 is 0 Å². The lowest BCUT2D eigenvalue weighted by Gasteiger charge is -2.31. The molecule has 26 heavy (non-hydrogen) atoms. The van der Waals surface area contributed by atoms with Gasteiger partial charge in [0.15, 0.2) is 6.61 Å². The third-order valence-corrected chi connectivity index (χ3v) is 4.40. The van der Waals surface area contributed by atoms with E-state index in [1.807, 2.05) is 48.5 Å². The van der Waals surface area contributed by atoms with Crippen molar-refractivity contribution in [1.29, 1.82) is 0 Å². The predicted octanol–water partition coefficient (Wildman–Crippen LogP) is 3.03. The van der Waals surface area contributed by atoms with Crippen molar-refractivity contribution in [3.8, 4) is 5.75 Å². The first-order chi connectivity index (χ1) is 12.3. The summed E-state index contributed by atoms with van der Waals surface area (Å²) in [6.45, 7) is 6.70. The maximum absolute atomic E-state index is 12.4. The average molecular weight is 352 g/mol.